The van der Waals surface area contributed by atoms with E-state index in [4.69, 9.17) is 0 Å². The van der Waals surface area contributed by atoms with Crippen LogP contribution in [0.15, 0.2) is 91.4 Å². The van der Waals surface area contributed by atoms with E-state index in [1.807, 2.05) is 0 Å². The Morgan fingerprint density at radius 1 is 0.452 bits per heavy atom. The second-order valence-corrected chi connectivity index (χ2v) is 17.0. The summed E-state index contributed by atoms with van der Waals surface area (Å²) in [5.74, 6) is 0. The normalized spacial score (nSPS) is 12.0. The van der Waals surface area contributed by atoms with Crippen LogP contribution in [0.5, 0.6) is 0 Å². The van der Waals surface area contributed by atoms with Crippen molar-refractivity contribution in [3.05, 3.63) is 91.4 Å². The van der Waals surface area contributed by atoms with E-state index in [1.54, 1.807) is 0 Å². The van der Waals surface area contributed by atoms with Crippen molar-refractivity contribution in [1.82, 2.24) is 13.7 Å². The van der Waals surface area contributed by atoms with E-state index in [1.165, 1.54) is 42.5 Å². The molecule has 152 valence electrons. The van der Waals surface area contributed by atoms with Gasteiger partial charge in [0.15, 0.2) is 0 Å². The topological polar surface area (TPSA) is 14.8 Å². The van der Waals surface area contributed by atoms with Crippen LogP contribution in [0.4, 0.5) is 0 Å². The van der Waals surface area contributed by atoms with Crippen molar-refractivity contribution < 1.29 is 0 Å². The van der Waals surface area contributed by atoms with Crippen LogP contribution in [0.1, 0.15) is 0 Å². The molecule has 3 aromatic heterocycles. The third-order valence-corrected chi connectivity index (χ3v) is 15.7. The SMILES string of the molecule is Cn1ccc2cc[c]([Bi]([c]3ccc4ccn(C)c4c3)[c]3ccc4ccn(C)c4c3)cc21. The van der Waals surface area contributed by atoms with E-state index in [0.29, 0.717) is 0 Å². The number of rotatable bonds is 3. The molecule has 6 aromatic rings. The molecular formula is C27H24BiN3. The van der Waals surface area contributed by atoms with Crippen molar-refractivity contribution >= 4 is 64.3 Å². The molecule has 3 aromatic carbocycles. The maximum atomic E-state index is 2.44. The van der Waals surface area contributed by atoms with Gasteiger partial charge in [-0.3, -0.25) is 0 Å². The number of benzene rings is 3. The zero-order chi connectivity index (χ0) is 21.1. The van der Waals surface area contributed by atoms with E-state index in [2.05, 4.69) is 126 Å². The quantitative estimate of drug-likeness (QED) is 0.276. The molecule has 6 rings (SSSR count). The molecule has 0 unspecified atom stereocenters. The summed E-state index contributed by atoms with van der Waals surface area (Å²) in [5.41, 5.74) is 3.95. The van der Waals surface area contributed by atoms with Gasteiger partial charge in [0, 0.05) is 0 Å². The Kier molecular flexibility index (Phi) is 4.33. The summed E-state index contributed by atoms with van der Waals surface area (Å²) < 4.78 is 11.3. The molecule has 0 fully saturated rings. The minimum atomic E-state index is -2.51. The van der Waals surface area contributed by atoms with Crippen molar-refractivity contribution in [2.75, 3.05) is 0 Å². The molecule has 0 spiro atoms. The summed E-state index contributed by atoms with van der Waals surface area (Å²) in [5, 5.41) is 3.93. The Labute approximate surface area is 189 Å². The Balaban J connectivity index is 1.61. The van der Waals surface area contributed by atoms with Gasteiger partial charge in [0.25, 0.3) is 0 Å². The number of aryl methyl sites for hydroxylation is 3. The first kappa shape index (κ1) is 18.9. The van der Waals surface area contributed by atoms with Gasteiger partial charge in [-0.1, -0.05) is 0 Å². The molecule has 0 N–H and O–H groups in total. The molecule has 0 saturated heterocycles. The van der Waals surface area contributed by atoms with E-state index >= 15 is 0 Å². The fourth-order valence-corrected chi connectivity index (χ4v) is 13.6. The standard InChI is InChI=1S/3C9H8N.Bi/c3*1-10-7-6-8-4-2-3-5-9(8)10;/h3*2,4-7H,1H3;. The number of aromatic nitrogens is 3. The number of hydrogen-bond donors (Lipinski definition) is 0. The predicted molar refractivity (Wildman–Crippen MR) is 133 cm³/mol. The van der Waals surface area contributed by atoms with Gasteiger partial charge in [-0.25, -0.2) is 0 Å². The van der Waals surface area contributed by atoms with E-state index in [0.717, 1.165) is 0 Å². The van der Waals surface area contributed by atoms with Crippen molar-refractivity contribution in [3.8, 4) is 0 Å². The average Bonchev–Trinajstić information content (AvgIpc) is 3.46. The number of fused-ring (bicyclic) bond motifs is 3. The molecule has 0 bridgehead atoms. The molecule has 3 heterocycles. The molecule has 0 atom stereocenters. The van der Waals surface area contributed by atoms with E-state index < -0.39 is 21.8 Å². The molecule has 0 radical (unpaired) electrons. The Bertz CT molecular complexity index is 1390. The van der Waals surface area contributed by atoms with Crippen LogP contribution >= 0.6 is 0 Å². The Morgan fingerprint density at radius 2 is 0.774 bits per heavy atom. The molecule has 0 amide bonds. The summed E-state index contributed by atoms with van der Waals surface area (Å²) in [6.07, 6.45) is 6.47. The monoisotopic (exact) mass is 599 g/mol. The first-order valence-corrected chi connectivity index (χ1v) is 15.8. The molecule has 4 heteroatoms. The molecule has 31 heavy (non-hydrogen) atoms. The van der Waals surface area contributed by atoms with Crippen molar-refractivity contribution in [2.24, 2.45) is 21.1 Å². The second-order valence-electron chi connectivity index (χ2n) is 8.34. The van der Waals surface area contributed by atoms with Gasteiger partial charge in [0.1, 0.15) is 0 Å². The number of nitrogens with zero attached hydrogens (tertiary/aromatic N) is 3. The first-order valence-electron chi connectivity index (χ1n) is 10.5. The Hall–Kier alpha value is -2.84. The van der Waals surface area contributed by atoms with Gasteiger partial charge in [-0.05, 0) is 0 Å². The second kappa shape index (κ2) is 7.10. The minimum absolute atomic E-state index is 1.31. The van der Waals surface area contributed by atoms with Gasteiger partial charge in [-0.2, -0.15) is 0 Å². The zero-order valence-corrected chi connectivity index (χ0v) is 21.4. The summed E-state index contributed by atoms with van der Waals surface area (Å²) >= 11 is -2.51. The third-order valence-electron chi connectivity index (χ3n) is 6.39. The molecule has 0 aliphatic rings. The van der Waals surface area contributed by atoms with E-state index in [9.17, 15) is 0 Å². The van der Waals surface area contributed by atoms with Crippen LogP contribution in [-0.2, 0) is 21.1 Å². The fourth-order valence-electron chi connectivity index (χ4n) is 4.62. The van der Waals surface area contributed by atoms with Gasteiger partial charge in [0.2, 0.25) is 0 Å². The van der Waals surface area contributed by atoms with Crippen molar-refractivity contribution in [3.63, 3.8) is 0 Å². The van der Waals surface area contributed by atoms with Crippen LogP contribution in [0.3, 0.4) is 0 Å². The van der Waals surface area contributed by atoms with Gasteiger partial charge >= 0.3 is 191 Å². The molecule has 0 saturated carbocycles. The predicted octanol–water partition coefficient (Wildman–Crippen LogP) is 3.68. The van der Waals surface area contributed by atoms with Crippen molar-refractivity contribution in [1.29, 1.82) is 0 Å². The van der Waals surface area contributed by atoms with Gasteiger partial charge in [0.05, 0.1) is 0 Å². The fraction of sp³-hybridized carbons (Fsp3) is 0.111. The summed E-state index contributed by atoms with van der Waals surface area (Å²) in [4.78, 5) is 0. The van der Waals surface area contributed by atoms with Gasteiger partial charge in [-0.15, -0.1) is 0 Å². The van der Waals surface area contributed by atoms with E-state index in [-0.39, 0.29) is 0 Å². The molecule has 3 nitrogen and oxygen atoms in total. The zero-order valence-electron chi connectivity index (χ0n) is 17.9. The van der Waals surface area contributed by atoms with Crippen LogP contribution in [-0.4, -0.2) is 35.5 Å². The average molecular weight is 599 g/mol. The van der Waals surface area contributed by atoms with Crippen LogP contribution in [0, 0.1) is 0 Å². The first-order chi connectivity index (χ1) is 15.1. The summed E-state index contributed by atoms with van der Waals surface area (Å²) in [6.45, 7) is 0. The summed E-state index contributed by atoms with van der Waals surface area (Å²) in [6, 6.07) is 28.0. The van der Waals surface area contributed by atoms with Crippen molar-refractivity contribution in [2.45, 2.75) is 0 Å². The van der Waals surface area contributed by atoms with Gasteiger partial charge < -0.3 is 0 Å². The molecule has 0 aliphatic heterocycles. The summed E-state index contributed by atoms with van der Waals surface area (Å²) in [7, 11) is 6.42. The molecule has 0 aliphatic carbocycles. The third kappa shape index (κ3) is 3.04. The van der Waals surface area contributed by atoms with Crippen LogP contribution in [0.25, 0.3) is 32.7 Å². The number of hydrogen-bond acceptors (Lipinski definition) is 0. The van der Waals surface area contributed by atoms with Crippen LogP contribution in [0.2, 0.25) is 0 Å². The Morgan fingerprint density at radius 3 is 1.10 bits per heavy atom. The molecular weight excluding hydrogens is 575 g/mol. The maximum absolute atomic E-state index is 2.51. The van der Waals surface area contributed by atoms with Crippen LogP contribution < -0.4 is 9.81 Å².